The smallest absolute Gasteiger partial charge is 0.203 e. The molecular formula is C25H33NO6. The van der Waals surface area contributed by atoms with Crippen LogP contribution in [0.3, 0.4) is 0 Å². The maximum Gasteiger partial charge on any atom is 0.203 e. The van der Waals surface area contributed by atoms with E-state index in [0.717, 1.165) is 17.7 Å². The van der Waals surface area contributed by atoms with Gasteiger partial charge in [-0.2, -0.15) is 0 Å². The maximum absolute atomic E-state index is 13.7. The van der Waals surface area contributed by atoms with Crippen molar-refractivity contribution in [3.05, 3.63) is 41.5 Å². The summed E-state index contributed by atoms with van der Waals surface area (Å²) in [6.07, 6.45) is 2.27. The molecule has 3 unspecified atom stereocenters. The monoisotopic (exact) mass is 443 g/mol. The molecule has 1 fully saturated rings. The second-order valence-electron chi connectivity index (χ2n) is 8.30. The van der Waals surface area contributed by atoms with Gasteiger partial charge in [0.2, 0.25) is 5.75 Å². The van der Waals surface area contributed by atoms with E-state index in [1.54, 1.807) is 25.3 Å². The van der Waals surface area contributed by atoms with Gasteiger partial charge in [0, 0.05) is 32.7 Å². The number of Topliss-reactive ketones (excluding diaryl/α,β-unsaturated/α-hetero) is 1. The molecule has 0 aliphatic heterocycles. The van der Waals surface area contributed by atoms with Crippen LogP contribution in [0.15, 0.2) is 30.3 Å². The number of aromatic hydroxyl groups is 1. The van der Waals surface area contributed by atoms with E-state index in [0.29, 0.717) is 35.7 Å². The van der Waals surface area contributed by atoms with Crippen LogP contribution in [0.4, 0.5) is 5.69 Å². The Morgan fingerprint density at radius 2 is 1.62 bits per heavy atom. The molecule has 1 aliphatic rings. The highest BCUT2D eigenvalue weighted by Crippen LogP contribution is 2.44. The van der Waals surface area contributed by atoms with Crippen LogP contribution in [0.1, 0.15) is 41.1 Å². The van der Waals surface area contributed by atoms with Gasteiger partial charge in [0.25, 0.3) is 0 Å². The van der Waals surface area contributed by atoms with Gasteiger partial charge in [-0.1, -0.05) is 6.07 Å². The average molecular weight is 444 g/mol. The third-order valence-electron chi connectivity index (χ3n) is 6.33. The Hall–Kier alpha value is -2.93. The van der Waals surface area contributed by atoms with E-state index in [4.69, 9.17) is 18.9 Å². The third-order valence-corrected chi connectivity index (χ3v) is 6.33. The number of rotatable bonds is 8. The number of phenolic OH excluding ortho intramolecular Hbond substituents is 1. The van der Waals surface area contributed by atoms with Crippen LogP contribution in [0, 0.1) is 5.92 Å². The van der Waals surface area contributed by atoms with Crippen molar-refractivity contribution < 1.29 is 28.8 Å². The van der Waals surface area contributed by atoms with Gasteiger partial charge < -0.3 is 29.0 Å². The van der Waals surface area contributed by atoms with Crippen molar-refractivity contribution in [3.8, 4) is 23.0 Å². The molecule has 2 aromatic rings. The van der Waals surface area contributed by atoms with Gasteiger partial charge in [0.05, 0.1) is 33.1 Å². The highest BCUT2D eigenvalue weighted by molar-refractivity contribution is 5.99. The molecule has 3 rings (SSSR count). The van der Waals surface area contributed by atoms with Gasteiger partial charge in [-0.05, 0) is 55.0 Å². The first-order chi connectivity index (χ1) is 15.3. The number of nitrogens with zero attached hydrogens (tertiary/aromatic N) is 1. The van der Waals surface area contributed by atoms with Crippen LogP contribution in [0.5, 0.6) is 23.0 Å². The largest absolute Gasteiger partial charge is 0.506 e. The second kappa shape index (κ2) is 10.1. The highest BCUT2D eigenvalue weighted by Gasteiger charge is 2.37. The number of anilines is 1. The number of ketones is 1. The lowest BCUT2D eigenvalue weighted by atomic mass is 9.71. The molecule has 7 nitrogen and oxygen atoms in total. The number of methoxy groups -OCH3 is 4. The zero-order valence-corrected chi connectivity index (χ0v) is 19.7. The summed E-state index contributed by atoms with van der Waals surface area (Å²) in [4.78, 5) is 15.6. The van der Waals surface area contributed by atoms with E-state index in [1.165, 1.54) is 21.3 Å². The van der Waals surface area contributed by atoms with E-state index in [1.807, 2.05) is 31.1 Å². The van der Waals surface area contributed by atoms with E-state index in [2.05, 4.69) is 0 Å². The van der Waals surface area contributed by atoms with Gasteiger partial charge >= 0.3 is 0 Å². The van der Waals surface area contributed by atoms with Crippen molar-refractivity contribution in [1.29, 1.82) is 0 Å². The number of hydrogen-bond donors (Lipinski definition) is 1. The average Bonchev–Trinajstić information content (AvgIpc) is 2.81. The summed E-state index contributed by atoms with van der Waals surface area (Å²) in [5, 5.41) is 10.5. The Morgan fingerprint density at radius 3 is 2.12 bits per heavy atom. The summed E-state index contributed by atoms with van der Waals surface area (Å²) in [5.74, 6) is 1.23. The Bertz CT molecular complexity index is 932. The first kappa shape index (κ1) is 23.7. The molecule has 2 aromatic carbocycles. The zero-order chi connectivity index (χ0) is 23.4. The van der Waals surface area contributed by atoms with Crippen molar-refractivity contribution in [1.82, 2.24) is 0 Å². The highest BCUT2D eigenvalue weighted by atomic mass is 16.5. The fourth-order valence-corrected chi connectivity index (χ4v) is 4.61. The summed E-state index contributed by atoms with van der Waals surface area (Å²) in [6, 6.07) is 9.06. The first-order valence-electron chi connectivity index (χ1n) is 10.7. The standard InChI is InChI=1S/C25H33NO6/c1-26(2)20-10-7-15(11-21(20)27)19-14-17(29-3)8-9-18(19)24(28)16-12-22(30-4)25(32-6)23(13-16)31-5/h7,10-13,17-19,27H,8-9,14H2,1-6H3. The van der Waals surface area contributed by atoms with Crippen molar-refractivity contribution in [3.63, 3.8) is 0 Å². The molecule has 1 aliphatic carbocycles. The van der Waals surface area contributed by atoms with Crippen LogP contribution in [-0.2, 0) is 4.74 Å². The molecular weight excluding hydrogens is 410 g/mol. The van der Waals surface area contributed by atoms with E-state index in [9.17, 15) is 9.90 Å². The Morgan fingerprint density at radius 1 is 0.969 bits per heavy atom. The lowest BCUT2D eigenvalue weighted by Gasteiger charge is -2.35. The third kappa shape index (κ3) is 4.63. The molecule has 32 heavy (non-hydrogen) atoms. The van der Waals surface area contributed by atoms with Gasteiger partial charge in [-0.3, -0.25) is 4.79 Å². The molecule has 174 valence electrons. The SMILES string of the molecule is COc1cc(C(=O)C2CCC(OC)CC2c2ccc(N(C)C)c(O)c2)cc(OC)c1OC. The number of phenols is 1. The quantitative estimate of drug-likeness (QED) is 0.611. The normalized spacial score (nSPS) is 20.5. The molecule has 0 heterocycles. The Kier molecular flexibility index (Phi) is 7.51. The van der Waals surface area contributed by atoms with Crippen molar-refractivity contribution in [2.24, 2.45) is 5.92 Å². The van der Waals surface area contributed by atoms with Gasteiger partial charge in [0.1, 0.15) is 5.75 Å². The molecule has 3 atom stereocenters. The van der Waals surface area contributed by atoms with Crippen LogP contribution in [0.2, 0.25) is 0 Å². The van der Waals surface area contributed by atoms with Crippen LogP contribution in [0.25, 0.3) is 0 Å². The lowest BCUT2D eigenvalue weighted by Crippen LogP contribution is -2.32. The van der Waals surface area contributed by atoms with Gasteiger partial charge in [-0.15, -0.1) is 0 Å². The molecule has 1 N–H and O–H groups in total. The number of hydrogen-bond acceptors (Lipinski definition) is 7. The second-order valence-corrected chi connectivity index (χ2v) is 8.30. The van der Waals surface area contributed by atoms with Crippen LogP contribution in [-0.4, -0.2) is 59.5 Å². The zero-order valence-electron chi connectivity index (χ0n) is 19.7. The molecule has 1 saturated carbocycles. The molecule has 0 radical (unpaired) electrons. The predicted octanol–water partition coefficient (Wildman–Crippen LogP) is 4.27. The maximum atomic E-state index is 13.7. The molecule has 0 spiro atoms. The molecule has 0 amide bonds. The van der Waals surface area contributed by atoms with Gasteiger partial charge in [-0.25, -0.2) is 0 Å². The summed E-state index contributed by atoms with van der Waals surface area (Å²) in [7, 11) is 10.1. The summed E-state index contributed by atoms with van der Waals surface area (Å²) < 4.78 is 21.9. The van der Waals surface area contributed by atoms with Gasteiger partial charge in [0.15, 0.2) is 17.3 Å². The Balaban J connectivity index is 2.01. The number of carbonyl (C=O) groups excluding carboxylic acids is 1. The van der Waals surface area contributed by atoms with E-state index in [-0.39, 0.29) is 29.5 Å². The minimum Gasteiger partial charge on any atom is -0.506 e. The molecule has 0 bridgehead atoms. The minimum absolute atomic E-state index is 0.0139. The molecule has 0 saturated heterocycles. The number of benzene rings is 2. The number of ether oxygens (including phenoxy) is 4. The molecule has 7 heteroatoms. The van der Waals surface area contributed by atoms with Crippen molar-refractivity contribution in [2.75, 3.05) is 47.4 Å². The summed E-state index contributed by atoms with van der Waals surface area (Å²) in [6.45, 7) is 0. The lowest BCUT2D eigenvalue weighted by molar-refractivity contribution is 0.0430. The predicted molar refractivity (Wildman–Crippen MR) is 124 cm³/mol. The number of carbonyl (C=O) groups is 1. The molecule has 0 aromatic heterocycles. The van der Waals surface area contributed by atoms with E-state index < -0.39 is 0 Å². The summed E-state index contributed by atoms with van der Waals surface area (Å²) >= 11 is 0. The van der Waals surface area contributed by atoms with Crippen molar-refractivity contribution >= 4 is 11.5 Å². The fraction of sp³-hybridized carbons (Fsp3) is 0.480. The minimum atomic E-state index is -0.256. The fourth-order valence-electron chi connectivity index (χ4n) is 4.61. The van der Waals surface area contributed by atoms with Crippen LogP contribution < -0.4 is 19.1 Å². The topological polar surface area (TPSA) is 77.5 Å². The Labute approximate surface area is 189 Å². The van der Waals surface area contributed by atoms with E-state index >= 15 is 0 Å². The van der Waals surface area contributed by atoms with Crippen molar-refractivity contribution in [2.45, 2.75) is 31.3 Å². The first-order valence-corrected chi connectivity index (χ1v) is 10.7. The summed E-state index contributed by atoms with van der Waals surface area (Å²) in [5.41, 5.74) is 2.18. The van der Waals surface area contributed by atoms with Crippen LogP contribution >= 0.6 is 0 Å².